The molecule has 0 radical (unpaired) electrons. The Morgan fingerprint density at radius 2 is 1.87 bits per heavy atom. The molecular weight excluding hydrogens is 411 g/mol. The molecule has 0 aromatic heterocycles. The Labute approximate surface area is 179 Å². The molecule has 0 atom stereocenters. The number of carbonyl (C=O) groups excluding carboxylic acids is 2. The lowest BCUT2D eigenvalue weighted by atomic mass is 9.35. The van der Waals surface area contributed by atoms with E-state index < -0.39 is 24.1 Å². The van der Waals surface area contributed by atoms with Crippen molar-refractivity contribution in [2.75, 3.05) is 19.6 Å². The van der Waals surface area contributed by atoms with Crippen LogP contribution >= 0.6 is 0 Å². The van der Waals surface area contributed by atoms with E-state index in [4.69, 9.17) is 0 Å². The summed E-state index contributed by atoms with van der Waals surface area (Å²) < 4.78 is 42.5. The van der Waals surface area contributed by atoms with Crippen LogP contribution in [0.1, 0.15) is 50.4 Å². The van der Waals surface area contributed by atoms with E-state index in [9.17, 15) is 22.8 Å². The molecule has 1 aliphatic heterocycles. The van der Waals surface area contributed by atoms with Crippen LogP contribution in [-0.2, 0) is 4.79 Å². The van der Waals surface area contributed by atoms with E-state index in [0.717, 1.165) is 44.5 Å². The number of amides is 2. The zero-order chi connectivity index (χ0) is 22.6. The lowest BCUT2D eigenvalue weighted by Crippen LogP contribution is -2.79. The number of rotatable bonds is 7. The number of hydrogen-bond acceptors (Lipinski definition) is 4. The summed E-state index contributed by atoms with van der Waals surface area (Å²) in [6.07, 6.45) is 2.63. The highest BCUT2D eigenvalue weighted by Gasteiger charge is 2.72. The second-order valence-electron chi connectivity index (χ2n) is 10.3. The van der Waals surface area contributed by atoms with Crippen LogP contribution in [0.5, 0.6) is 5.75 Å². The summed E-state index contributed by atoms with van der Waals surface area (Å²) >= 11 is 0. The number of carbonyl (C=O) groups is 2. The predicted molar refractivity (Wildman–Crippen MR) is 107 cm³/mol. The zero-order valence-corrected chi connectivity index (χ0v) is 17.9. The molecule has 0 unspecified atom stereocenters. The highest BCUT2D eigenvalue weighted by Crippen LogP contribution is 2.71. The van der Waals surface area contributed by atoms with Gasteiger partial charge in [-0.05, 0) is 69.6 Å². The molecule has 9 heteroatoms. The van der Waals surface area contributed by atoms with Gasteiger partial charge in [-0.3, -0.25) is 14.5 Å². The summed E-state index contributed by atoms with van der Waals surface area (Å²) in [4.78, 5) is 26.7. The van der Waals surface area contributed by atoms with E-state index in [0.29, 0.717) is 12.5 Å². The average molecular weight is 439 g/mol. The molecule has 6 nitrogen and oxygen atoms in total. The Bertz CT molecular complexity index is 874. The van der Waals surface area contributed by atoms with E-state index in [1.165, 1.54) is 6.07 Å². The van der Waals surface area contributed by atoms with E-state index in [1.54, 1.807) is 0 Å². The maximum atomic E-state index is 13.6. The largest absolute Gasteiger partial charge is 0.432 e. The van der Waals surface area contributed by atoms with Crippen LogP contribution in [0.4, 0.5) is 13.2 Å². The van der Waals surface area contributed by atoms with Gasteiger partial charge in [-0.1, -0.05) is 0 Å². The van der Waals surface area contributed by atoms with Gasteiger partial charge >= 0.3 is 6.61 Å². The third-order valence-corrected chi connectivity index (χ3v) is 6.56. The zero-order valence-electron chi connectivity index (χ0n) is 17.9. The van der Waals surface area contributed by atoms with Gasteiger partial charge < -0.3 is 15.4 Å². The molecule has 0 spiro atoms. The van der Waals surface area contributed by atoms with Gasteiger partial charge in [-0.15, -0.1) is 0 Å². The fourth-order valence-electron chi connectivity index (χ4n) is 5.32. The van der Waals surface area contributed by atoms with Crippen molar-refractivity contribution in [3.05, 3.63) is 29.6 Å². The molecule has 4 fully saturated rings. The second kappa shape index (κ2) is 7.39. The van der Waals surface area contributed by atoms with Crippen LogP contribution in [0.3, 0.4) is 0 Å². The molecule has 4 aliphatic rings. The number of nitrogens with zero attached hydrogens (tertiary/aromatic N) is 1. The molecule has 2 N–H and O–H groups in total. The predicted octanol–water partition coefficient (Wildman–Crippen LogP) is 2.93. The van der Waals surface area contributed by atoms with Gasteiger partial charge in [-0.25, -0.2) is 4.39 Å². The third-order valence-electron chi connectivity index (χ3n) is 6.56. The van der Waals surface area contributed by atoms with E-state index in [-0.39, 0.29) is 28.0 Å². The lowest BCUT2D eigenvalue weighted by molar-refractivity contribution is -0.214. The van der Waals surface area contributed by atoms with E-state index >= 15 is 0 Å². The first-order chi connectivity index (χ1) is 14.4. The maximum absolute atomic E-state index is 13.6. The molecule has 1 saturated heterocycles. The first kappa shape index (κ1) is 21.9. The van der Waals surface area contributed by atoms with Crippen molar-refractivity contribution in [3.63, 3.8) is 0 Å². The smallest absolute Gasteiger partial charge is 0.387 e. The standard InChI is InChI=1S/C22H28F3N3O3/c1-20(2,3)26-17(29)9-28-7-14(8-28)21-10-22(11-21,12-21)27-18(30)13-4-5-15(23)16(6-13)31-19(24)25/h4-6,14,19H,7-12H2,1-3H3,(H,26,29)(H,27,30). The number of halogens is 3. The minimum Gasteiger partial charge on any atom is -0.432 e. The normalized spacial score (nSPS) is 27.7. The van der Waals surface area contributed by atoms with Gasteiger partial charge in [0.25, 0.3) is 5.91 Å². The fourth-order valence-corrected chi connectivity index (χ4v) is 5.32. The molecule has 170 valence electrons. The van der Waals surface area contributed by atoms with Crippen LogP contribution in [0.15, 0.2) is 18.2 Å². The first-order valence-corrected chi connectivity index (χ1v) is 10.5. The first-order valence-electron chi connectivity index (χ1n) is 10.5. The van der Waals surface area contributed by atoms with Crippen LogP contribution in [0, 0.1) is 17.2 Å². The Morgan fingerprint density at radius 1 is 1.23 bits per heavy atom. The molecule has 2 amide bonds. The van der Waals surface area contributed by atoms with Gasteiger partial charge in [0, 0.05) is 29.7 Å². The van der Waals surface area contributed by atoms with E-state index in [2.05, 4.69) is 20.3 Å². The Morgan fingerprint density at radius 3 is 2.45 bits per heavy atom. The van der Waals surface area contributed by atoms with Gasteiger partial charge in [0.05, 0.1) is 6.54 Å². The molecule has 1 aromatic carbocycles. The maximum Gasteiger partial charge on any atom is 0.387 e. The summed E-state index contributed by atoms with van der Waals surface area (Å²) in [6, 6.07) is 3.22. The van der Waals surface area contributed by atoms with Crippen LogP contribution in [0.2, 0.25) is 0 Å². The van der Waals surface area contributed by atoms with Crippen LogP contribution in [0.25, 0.3) is 0 Å². The molecule has 31 heavy (non-hydrogen) atoms. The Hall–Kier alpha value is -2.29. The van der Waals surface area contributed by atoms with Crippen LogP contribution < -0.4 is 15.4 Å². The summed E-state index contributed by atoms with van der Waals surface area (Å²) in [7, 11) is 0. The third kappa shape index (κ3) is 4.37. The average Bonchev–Trinajstić information content (AvgIpc) is 2.53. The number of hydrogen-bond donors (Lipinski definition) is 2. The SMILES string of the molecule is CC(C)(C)NC(=O)CN1CC(C23CC(NC(=O)c4ccc(F)c(OC(F)F)c4)(C2)C3)C1. The molecular formula is C22H28F3N3O3. The minimum absolute atomic E-state index is 0.0294. The second-order valence-corrected chi connectivity index (χ2v) is 10.3. The lowest BCUT2D eigenvalue weighted by Gasteiger charge is -2.75. The van der Waals surface area contributed by atoms with Crippen molar-refractivity contribution in [1.82, 2.24) is 15.5 Å². The highest BCUT2D eigenvalue weighted by atomic mass is 19.3. The van der Waals surface area contributed by atoms with Crippen molar-refractivity contribution in [1.29, 1.82) is 0 Å². The Kier molecular flexibility index (Phi) is 5.23. The number of nitrogens with one attached hydrogen (secondary N) is 2. The van der Waals surface area contributed by atoms with Crippen molar-refractivity contribution >= 4 is 11.8 Å². The number of benzene rings is 1. The summed E-state index contributed by atoms with van der Waals surface area (Å²) in [6.45, 7) is 4.88. The highest BCUT2D eigenvalue weighted by molar-refractivity contribution is 5.95. The molecule has 3 saturated carbocycles. The summed E-state index contributed by atoms with van der Waals surface area (Å²) in [5, 5.41) is 5.96. The summed E-state index contributed by atoms with van der Waals surface area (Å²) in [5.41, 5.74) is -0.192. The quantitative estimate of drug-likeness (QED) is 0.686. The van der Waals surface area contributed by atoms with Crippen molar-refractivity contribution in [2.45, 2.75) is 57.7 Å². The van der Waals surface area contributed by atoms with Crippen molar-refractivity contribution in [3.8, 4) is 5.75 Å². The van der Waals surface area contributed by atoms with Gasteiger partial charge in [0.15, 0.2) is 11.6 Å². The molecule has 2 bridgehead atoms. The fraction of sp³-hybridized carbons (Fsp3) is 0.636. The van der Waals surface area contributed by atoms with Crippen molar-refractivity contribution < 1.29 is 27.5 Å². The topological polar surface area (TPSA) is 70.7 Å². The van der Waals surface area contributed by atoms with Crippen LogP contribution in [-0.4, -0.2) is 54.0 Å². The van der Waals surface area contributed by atoms with Gasteiger partial charge in [0.1, 0.15) is 0 Å². The van der Waals surface area contributed by atoms with E-state index in [1.807, 2.05) is 20.8 Å². The number of alkyl halides is 2. The monoisotopic (exact) mass is 439 g/mol. The Balaban J connectivity index is 1.24. The molecule has 5 rings (SSSR count). The van der Waals surface area contributed by atoms with Gasteiger partial charge in [-0.2, -0.15) is 8.78 Å². The summed E-state index contributed by atoms with van der Waals surface area (Å²) in [5.74, 6) is -1.44. The van der Waals surface area contributed by atoms with Crippen molar-refractivity contribution in [2.24, 2.45) is 11.3 Å². The molecule has 1 heterocycles. The number of ether oxygens (including phenoxy) is 1. The minimum atomic E-state index is -3.16. The van der Waals surface area contributed by atoms with Gasteiger partial charge in [0.2, 0.25) is 5.91 Å². The molecule has 3 aliphatic carbocycles. The molecule has 1 aromatic rings. The number of likely N-dealkylation sites (tertiary alicyclic amines) is 1.